The van der Waals surface area contributed by atoms with Crippen LogP contribution in [0.15, 0.2) is 32.5 Å². The van der Waals surface area contributed by atoms with Gasteiger partial charge in [0.15, 0.2) is 11.5 Å². The Morgan fingerprint density at radius 2 is 1.89 bits per heavy atom. The van der Waals surface area contributed by atoms with Gasteiger partial charge in [-0.05, 0) is 69.5 Å². The van der Waals surface area contributed by atoms with Crippen molar-refractivity contribution in [2.75, 3.05) is 19.5 Å². The number of anilines is 1. The maximum absolute atomic E-state index is 12.6. The van der Waals surface area contributed by atoms with Gasteiger partial charge in [0.25, 0.3) is 5.91 Å². The monoisotopic (exact) mass is 527 g/mol. The van der Waals surface area contributed by atoms with Crippen molar-refractivity contribution in [2.24, 2.45) is 0 Å². The van der Waals surface area contributed by atoms with Crippen LogP contribution in [0.2, 0.25) is 0 Å². The Labute approximate surface area is 184 Å². The van der Waals surface area contributed by atoms with Gasteiger partial charge in [-0.3, -0.25) is 9.48 Å². The number of aromatic nitrogens is 2. The summed E-state index contributed by atoms with van der Waals surface area (Å²) in [6.45, 7) is 4.38. The first-order chi connectivity index (χ1) is 13.3. The van der Waals surface area contributed by atoms with E-state index in [1.807, 2.05) is 36.7 Å². The molecule has 2 aromatic heterocycles. The Balaban J connectivity index is 1.83. The summed E-state index contributed by atoms with van der Waals surface area (Å²) in [7, 11) is 3.22. The molecule has 0 aliphatic carbocycles. The third-order valence-corrected chi connectivity index (χ3v) is 7.52. The number of aryl methyl sites for hydroxylation is 1. The number of thiophene rings is 1. The van der Waals surface area contributed by atoms with Crippen LogP contribution in [0.3, 0.4) is 0 Å². The van der Waals surface area contributed by atoms with Crippen LogP contribution < -0.4 is 14.8 Å². The van der Waals surface area contributed by atoms with Crippen molar-refractivity contribution in [3.8, 4) is 11.5 Å². The van der Waals surface area contributed by atoms with E-state index in [0.717, 1.165) is 30.9 Å². The molecule has 0 spiro atoms. The van der Waals surface area contributed by atoms with E-state index in [9.17, 15) is 4.79 Å². The zero-order valence-corrected chi connectivity index (χ0v) is 19.8. The summed E-state index contributed by atoms with van der Waals surface area (Å²) in [5, 5.41) is 7.57. The summed E-state index contributed by atoms with van der Waals surface area (Å²) in [5.41, 5.74) is 3.40. The molecule has 0 atom stereocenters. The second kappa shape index (κ2) is 8.67. The lowest BCUT2D eigenvalue weighted by atomic mass is 10.2. The molecule has 0 aliphatic rings. The molecule has 2 heterocycles. The van der Waals surface area contributed by atoms with Gasteiger partial charge in [-0.25, -0.2) is 0 Å². The minimum absolute atomic E-state index is 0.159. The molecule has 6 nitrogen and oxygen atoms in total. The van der Waals surface area contributed by atoms with Crippen LogP contribution in [0.25, 0.3) is 0 Å². The molecule has 0 fully saturated rings. The van der Waals surface area contributed by atoms with Gasteiger partial charge >= 0.3 is 0 Å². The van der Waals surface area contributed by atoms with E-state index in [0.29, 0.717) is 22.9 Å². The fraction of sp³-hybridized carbons (Fsp3) is 0.263. The number of halogens is 2. The van der Waals surface area contributed by atoms with E-state index < -0.39 is 0 Å². The Kier molecular flexibility index (Phi) is 6.47. The molecule has 1 aromatic carbocycles. The van der Waals surface area contributed by atoms with Gasteiger partial charge in [-0.1, -0.05) is 6.07 Å². The molecule has 1 N–H and O–H groups in total. The predicted molar refractivity (Wildman–Crippen MR) is 118 cm³/mol. The number of ether oxygens (including phenoxy) is 2. The summed E-state index contributed by atoms with van der Waals surface area (Å²) < 4.78 is 14.3. The summed E-state index contributed by atoms with van der Waals surface area (Å²) in [6.07, 6.45) is 0. The predicted octanol–water partition coefficient (Wildman–Crippen LogP) is 5.40. The smallest absolute Gasteiger partial charge is 0.265 e. The Morgan fingerprint density at radius 3 is 2.50 bits per heavy atom. The number of rotatable bonds is 6. The minimum Gasteiger partial charge on any atom is -0.493 e. The number of hydrogen-bond acceptors (Lipinski definition) is 5. The summed E-state index contributed by atoms with van der Waals surface area (Å²) >= 11 is 8.20. The molecule has 0 aliphatic heterocycles. The molecule has 0 radical (unpaired) electrons. The molecule has 9 heteroatoms. The largest absolute Gasteiger partial charge is 0.493 e. The highest BCUT2D eigenvalue weighted by molar-refractivity contribution is 9.13. The van der Waals surface area contributed by atoms with E-state index in [1.165, 1.54) is 11.3 Å². The van der Waals surface area contributed by atoms with Gasteiger partial charge in [0.1, 0.15) is 0 Å². The highest BCUT2D eigenvalue weighted by Crippen LogP contribution is 2.33. The second-order valence-electron chi connectivity index (χ2n) is 6.08. The number of nitrogens with zero attached hydrogens (tertiary/aromatic N) is 2. The van der Waals surface area contributed by atoms with Gasteiger partial charge in [-0.15, -0.1) is 11.3 Å². The lowest BCUT2D eigenvalue weighted by Gasteiger charge is -2.11. The molecule has 3 rings (SSSR count). The van der Waals surface area contributed by atoms with E-state index in [2.05, 4.69) is 42.3 Å². The van der Waals surface area contributed by atoms with Crippen LogP contribution in [0, 0.1) is 13.8 Å². The number of carbonyl (C=O) groups excluding carboxylic acids is 1. The van der Waals surface area contributed by atoms with Crippen LogP contribution in [-0.4, -0.2) is 29.9 Å². The van der Waals surface area contributed by atoms with Crippen molar-refractivity contribution in [3.05, 3.63) is 54.4 Å². The number of carbonyl (C=O) groups is 1. The molecule has 0 bridgehead atoms. The standard InChI is InChI=1S/C19H19Br2N3O3S/c1-10-17(22-19(25)16-8-13(20)18(21)28-16)11(2)24(23-10)9-12-5-6-14(26-3)15(7-12)27-4/h5-8H,9H2,1-4H3,(H,22,25). The highest BCUT2D eigenvalue weighted by atomic mass is 79.9. The number of benzene rings is 1. The zero-order chi connectivity index (χ0) is 20.4. The Bertz CT molecular complexity index is 1010. The van der Waals surface area contributed by atoms with Crippen LogP contribution in [-0.2, 0) is 6.54 Å². The molecule has 28 heavy (non-hydrogen) atoms. The van der Waals surface area contributed by atoms with Gasteiger partial charge in [0.2, 0.25) is 0 Å². The first kappa shape index (κ1) is 20.9. The number of nitrogens with one attached hydrogen (secondary N) is 1. The maximum atomic E-state index is 12.6. The lowest BCUT2D eigenvalue weighted by molar-refractivity contribution is 0.103. The fourth-order valence-corrected chi connectivity index (χ4v) is 4.75. The van der Waals surface area contributed by atoms with Gasteiger partial charge in [0.05, 0.1) is 46.5 Å². The molecule has 148 valence electrons. The summed E-state index contributed by atoms with van der Waals surface area (Å²) in [6, 6.07) is 7.56. The molecule has 0 unspecified atom stereocenters. The van der Waals surface area contributed by atoms with Gasteiger partial charge in [0, 0.05) is 4.47 Å². The Morgan fingerprint density at radius 1 is 1.18 bits per heavy atom. The zero-order valence-electron chi connectivity index (χ0n) is 15.8. The van der Waals surface area contributed by atoms with Crippen molar-refractivity contribution < 1.29 is 14.3 Å². The SMILES string of the molecule is COc1ccc(Cn2nc(C)c(NC(=O)c3cc(Br)c(Br)s3)c2C)cc1OC. The molecular weight excluding hydrogens is 510 g/mol. The minimum atomic E-state index is -0.159. The molecule has 0 saturated carbocycles. The number of methoxy groups -OCH3 is 2. The molecule has 0 saturated heterocycles. The topological polar surface area (TPSA) is 65.4 Å². The van der Waals surface area contributed by atoms with Crippen LogP contribution in [0.5, 0.6) is 11.5 Å². The van der Waals surface area contributed by atoms with Crippen molar-refractivity contribution >= 4 is 54.8 Å². The third-order valence-electron chi connectivity index (χ3n) is 4.27. The Hall–Kier alpha value is -1.84. The van der Waals surface area contributed by atoms with Crippen molar-refractivity contribution in [2.45, 2.75) is 20.4 Å². The molecular formula is C19H19Br2N3O3S. The van der Waals surface area contributed by atoms with Gasteiger partial charge < -0.3 is 14.8 Å². The van der Waals surface area contributed by atoms with Crippen LogP contribution in [0.4, 0.5) is 5.69 Å². The fourth-order valence-electron chi connectivity index (χ4n) is 2.82. The normalized spacial score (nSPS) is 10.8. The first-order valence-electron chi connectivity index (χ1n) is 8.35. The lowest BCUT2D eigenvalue weighted by Crippen LogP contribution is -2.12. The average Bonchev–Trinajstić information content (AvgIpc) is 3.15. The summed E-state index contributed by atoms with van der Waals surface area (Å²) in [4.78, 5) is 13.2. The summed E-state index contributed by atoms with van der Waals surface area (Å²) in [5.74, 6) is 1.19. The first-order valence-corrected chi connectivity index (χ1v) is 10.7. The van der Waals surface area contributed by atoms with Crippen molar-refractivity contribution in [1.29, 1.82) is 0 Å². The number of hydrogen-bond donors (Lipinski definition) is 1. The maximum Gasteiger partial charge on any atom is 0.265 e. The van der Waals surface area contributed by atoms with E-state index >= 15 is 0 Å². The second-order valence-corrected chi connectivity index (χ2v) is 9.30. The third kappa shape index (κ3) is 4.26. The van der Waals surface area contributed by atoms with Crippen LogP contribution in [0.1, 0.15) is 26.6 Å². The van der Waals surface area contributed by atoms with E-state index in [1.54, 1.807) is 20.3 Å². The highest BCUT2D eigenvalue weighted by Gasteiger charge is 2.18. The van der Waals surface area contributed by atoms with E-state index in [4.69, 9.17) is 9.47 Å². The molecule has 1 amide bonds. The van der Waals surface area contributed by atoms with Crippen LogP contribution >= 0.6 is 43.2 Å². The van der Waals surface area contributed by atoms with Crippen molar-refractivity contribution in [3.63, 3.8) is 0 Å². The van der Waals surface area contributed by atoms with E-state index in [-0.39, 0.29) is 5.91 Å². The molecule has 3 aromatic rings. The number of amides is 1. The van der Waals surface area contributed by atoms with Gasteiger partial charge in [-0.2, -0.15) is 5.10 Å². The van der Waals surface area contributed by atoms with Crippen molar-refractivity contribution in [1.82, 2.24) is 9.78 Å². The quantitative estimate of drug-likeness (QED) is 0.465. The average molecular weight is 529 g/mol.